The molecule has 0 aromatic heterocycles. The Kier molecular flexibility index (Phi) is 5.13. The van der Waals surface area contributed by atoms with Crippen molar-refractivity contribution in [1.29, 1.82) is 0 Å². The van der Waals surface area contributed by atoms with Crippen LogP contribution in [0.25, 0.3) is 0 Å². The summed E-state index contributed by atoms with van der Waals surface area (Å²) in [5.41, 5.74) is 8.38. The summed E-state index contributed by atoms with van der Waals surface area (Å²) < 4.78 is 18.3. The third kappa shape index (κ3) is 4.35. The number of benzene rings is 2. The van der Waals surface area contributed by atoms with Crippen LogP contribution in [0.5, 0.6) is 5.75 Å². The average Bonchev–Trinajstić information content (AvgIpc) is 2.42. The Morgan fingerprint density at radius 1 is 1.05 bits per heavy atom. The van der Waals surface area contributed by atoms with Crippen molar-refractivity contribution in [3.63, 3.8) is 0 Å². The Morgan fingerprint density at radius 3 is 2.45 bits per heavy atom. The van der Waals surface area contributed by atoms with Crippen molar-refractivity contribution in [1.82, 2.24) is 0 Å². The van der Waals surface area contributed by atoms with Crippen LogP contribution in [-0.2, 0) is 12.8 Å². The molecule has 2 rings (SSSR count). The zero-order chi connectivity index (χ0) is 14.4. The van der Waals surface area contributed by atoms with Crippen molar-refractivity contribution in [2.75, 3.05) is 6.61 Å². The molecule has 2 aromatic carbocycles. The molecule has 1 atom stereocenters. The summed E-state index contributed by atoms with van der Waals surface area (Å²) in [6, 6.07) is 14.5. The molecule has 0 fully saturated rings. The van der Waals surface area contributed by atoms with Crippen LogP contribution in [0.2, 0.25) is 0 Å². The first-order chi connectivity index (χ1) is 9.67. The smallest absolute Gasteiger partial charge is 0.123 e. The summed E-state index contributed by atoms with van der Waals surface area (Å²) in [6.07, 6.45) is 1.51. The maximum absolute atomic E-state index is 12.8. The van der Waals surface area contributed by atoms with Gasteiger partial charge in [-0.3, -0.25) is 0 Å². The van der Waals surface area contributed by atoms with Crippen molar-refractivity contribution in [3.05, 3.63) is 65.5 Å². The normalized spacial score (nSPS) is 12.2. The standard InChI is InChI=1S/C17H20FNO/c1-2-20-17-5-3-4-14(12-17)11-16(19)10-13-6-8-15(18)9-7-13/h3-9,12,16H,2,10-11,19H2,1H3. The molecule has 0 heterocycles. The van der Waals surface area contributed by atoms with Crippen molar-refractivity contribution >= 4 is 0 Å². The second-order valence-electron chi connectivity index (χ2n) is 4.88. The molecule has 20 heavy (non-hydrogen) atoms. The Bertz CT molecular complexity index is 539. The summed E-state index contributed by atoms with van der Waals surface area (Å²) in [5.74, 6) is 0.658. The van der Waals surface area contributed by atoms with Gasteiger partial charge in [-0.2, -0.15) is 0 Å². The molecule has 0 aliphatic heterocycles. The zero-order valence-corrected chi connectivity index (χ0v) is 11.7. The van der Waals surface area contributed by atoms with Crippen LogP contribution in [0.4, 0.5) is 4.39 Å². The molecule has 2 nitrogen and oxygen atoms in total. The quantitative estimate of drug-likeness (QED) is 0.876. The Labute approximate surface area is 119 Å². The van der Waals surface area contributed by atoms with E-state index in [0.29, 0.717) is 6.61 Å². The topological polar surface area (TPSA) is 35.2 Å². The second-order valence-corrected chi connectivity index (χ2v) is 4.88. The highest BCUT2D eigenvalue weighted by Crippen LogP contribution is 2.15. The molecular weight excluding hydrogens is 253 g/mol. The highest BCUT2D eigenvalue weighted by Gasteiger charge is 2.06. The number of halogens is 1. The summed E-state index contributed by atoms with van der Waals surface area (Å²) in [7, 11) is 0. The lowest BCUT2D eigenvalue weighted by Gasteiger charge is -2.13. The SMILES string of the molecule is CCOc1cccc(CC(N)Cc2ccc(F)cc2)c1. The van der Waals surface area contributed by atoms with E-state index in [2.05, 4.69) is 0 Å². The van der Waals surface area contributed by atoms with E-state index in [9.17, 15) is 4.39 Å². The highest BCUT2D eigenvalue weighted by atomic mass is 19.1. The lowest BCUT2D eigenvalue weighted by molar-refractivity contribution is 0.340. The molecule has 0 saturated heterocycles. The summed E-state index contributed by atoms with van der Waals surface area (Å²) in [5, 5.41) is 0. The average molecular weight is 273 g/mol. The molecule has 0 aliphatic carbocycles. The minimum absolute atomic E-state index is 0.0114. The molecule has 0 bridgehead atoms. The van der Waals surface area contributed by atoms with Gasteiger partial charge in [-0.05, 0) is 55.2 Å². The predicted octanol–water partition coefficient (Wildman–Crippen LogP) is 3.34. The van der Waals surface area contributed by atoms with Gasteiger partial charge in [-0.1, -0.05) is 24.3 Å². The predicted molar refractivity (Wildman–Crippen MR) is 79.4 cm³/mol. The van der Waals surface area contributed by atoms with E-state index < -0.39 is 0 Å². The number of hydrogen-bond acceptors (Lipinski definition) is 2. The lowest BCUT2D eigenvalue weighted by Crippen LogP contribution is -2.25. The van der Waals surface area contributed by atoms with E-state index in [4.69, 9.17) is 10.5 Å². The summed E-state index contributed by atoms with van der Waals surface area (Å²) in [6.45, 7) is 2.62. The van der Waals surface area contributed by atoms with E-state index in [1.807, 2.05) is 31.2 Å². The van der Waals surface area contributed by atoms with E-state index in [1.54, 1.807) is 12.1 Å². The second kappa shape index (κ2) is 7.06. The fourth-order valence-electron chi connectivity index (χ4n) is 2.23. The number of ether oxygens (including phenoxy) is 1. The minimum atomic E-state index is -0.216. The number of hydrogen-bond donors (Lipinski definition) is 1. The van der Waals surface area contributed by atoms with Gasteiger partial charge < -0.3 is 10.5 Å². The molecule has 0 saturated carbocycles. The monoisotopic (exact) mass is 273 g/mol. The molecule has 2 N–H and O–H groups in total. The highest BCUT2D eigenvalue weighted by molar-refractivity contribution is 5.29. The summed E-state index contributed by atoms with van der Waals surface area (Å²) in [4.78, 5) is 0. The molecule has 0 aliphatic rings. The number of nitrogens with two attached hydrogens (primary N) is 1. The Hall–Kier alpha value is -1.87. The fraction of sp³-hybridized carbons (Fsp3) is 0.294. The first-order valence-electron chi connectivity index (χ1n) is 6.89. The fourth-order valence-corrected chi connectivity index (χ4v) is 2.23. The molecule has 3 heteroatoms. The van der Waals surface area contributed by atoms with Gasteiger partial charge in [-0.15, -0.1) is 0 Å². The van der Waals surface area contributed by atoms with Crippen molar-refractivity contribution < 1.29 is 9.13 Å². The van der Waals surface area contributed by atoms with Crippen molar-refractivity contribution in [2.24, 2.45) is 5.73 Å². The van der Waals surface area contributed by atoms with Gasteiger partial charge >= 0.3 is 0 Å². The van der Waals surface area contributed by atoms with E-state index in [1.165, 1.54) is 12.1 Å². The van der Waals surface area contributed by atoms with Gasteiger partial charge in [0, 0.05) is 6.04 Å². The third-order valence-electron chi connectivity index (χ3n) is 3.12. The molecule has 1 unspecified atom stereocenters. The van der Waals surface area contributed by atoms with Gasteiger partial charge in [0.05, 0.1) is 6.61 Å². The molecule has 0 amide bonds. The summed E-state index contributed by atoms with van der Waals surface area (Å²) >= 11 is 0. The third-order valence-corrected chi connectivity index (χ3v) is 3.12. The number of rotatable bonds is 6. The van der Waals surface area contributed by atoms with Crippen LogP contribution in [-0.4, -0.2) is 12.6 Å². The molecule has 106 valence electrons. The molecule has 0 radical (unpaired) electrons. The molecule has 2 aromatic rings. The van der Waals surface area contributed by atoms with E-state index in [0.717, 1.165) is 29.7 Å². The maximum Gasteiger partial charge on any atom is 0.123 e. The van der Waals surface area contributed by atoms with Crippen LogP contribution in [0, 0.1) is 5.82 Å². The van der Waals surface area contributed by atoms with Crippen LogP contribution in [0.1, 0.15) is 18.1 Å². The van der Waals surface area contributed by atoms with E-state index in [-0.39, 0.29) is 11.9 Å². The first-order valence-corrected chi connectivity index (χ1v) is 6.89. The maximum atomic E-state index is 12.8. The minimum Gasteiger partial charge on any atom is -0.494 e. The van der Waals surface area contributed by atoms with Gasteiger partial charge in [0.2, 0.25) is 0 Å². The largest absolute Gasteiger partial charge is 0.494 e. The van der Waals surface area contributed by atoms with E-state index >= 15 is 0 Å². The van der Waals surface area contributed by atoms with Crippen LogP contribution < -0.4 is 10.5 Å². The van der Waals surface area contributed by atoms with Gasteiger partial charge in [-0.25, -0.2) is 4.39 Å². The van der Waals surface area contributed by atoms with Crippen molar-refractivity contribution in [2.45, 2.75) is 25.8 Å². The van der Waals surface area contributed by atoms with Crippen LogP contribution >= 0.6 is 0 Å². The Morgan fingerprint density at radius 2 is 1.75 bits per heavy atom. The lowest BCUT2D eigenvalue weighted by atomic mass is 9.99. The van der Waals surface area contributed by atoms with Gasteiger partial charge in [0.15, 0.2) is 0 Å². The van der Waals surface area contributed by atoms with Gasteiger partial charge in [0.1, 0.15) is 11.6 Å². The molecule has 0 spiro atoms. The van der Waals surface area contributed by atoms with Crippen LogP contribution in [0.3, 0.4) is 0 Å². The Balaban J connectivity index is 1.95. The first kappa shape index (κ1) is 14.5. The molecular formula is C17H20FNO. The zero-order valence-electron chi connectivity index (χ0n) is 11.7. The van der Waals surface area contributed by atoms with Gasteiger partial charge in [0.25, 0.3) is 0 Å². The van der Waals surface area contributed by atoms with Crippen LogP contribution in [0.15, 0.2) is 48.5 Å². The van der Waals surface area contributed by atoms with Crippen molar-refractivity contribution in [3.8, 4) is 5.75 Å².